The van der Waals surface area contributed by atoms with Gasteiger partial charge in [0.2, 0.25) is 0 Å². The van der Waals surface area contributed by atoms with Gasteiger partial charge in [0.15, 0.2) is 5.65 Å². The molecule has 0 fully saturated rings. The van der Waals surface area contributed by atoms with Crippen LogP contribution in [0.2, 0.25) is 0 Å². The molecule has 3 rings (SSSR count). The van der Waals surface area contributed by atoms with Crippen molar-refractivity contribution in [3.05, 3.63) is 65.1 Å². The number of aryl methyl sites for hydroxylation is 1. The minimum Gasteiger partial charge on any atom is -0.457 e. The number of hydrogen-bond donors (Lipinski definition) is 0. The van der Waals surface area contributed by atoms with Crippen LogP contribution >= 0.6 is 0 Å². The monoisotopic (exact) mass is 335 g/mol. The Hall–Kier alpha value is -2.90. The Bertz CT molecular complexity index is 886. The molecule has 0 N–H and O–H groups in total. The topological polar surface area (TPSA) is 56.5 Å². The van der Waals surface area contributed by atoms with Crippen molar-refractivity contribution in [2.45, 2.75) is 19.7 Å². The quantitative estimate of drug-likeness (QED) is 0.688. The highest BCUT2D eigenvalue weighted by molar-refractivity contribution is 5.97. The molecule has 0 bridgehead atoms. The number of carbonyl (C=O) groups is 1. The summed E-state index contributed by atoms with van der Waals surface area (Å²) < 4.78 is 44.2. The van der Waals surface area contributed by atoms with Crippen LogP contribution in [0.15, 0.2) is 42.7 Å². The molecule has 0 saturated heterocycles. The van der Waals surface area contributed by atoms with Gasteiger partial charge in [0.1, 0.15) is 12.2 Å². The lowest BCUT2D eigenvalue weighted by atomic mass is 10.1. The molecule has 0 spiro atoms. The van der Waals surface area contributed by atoms with E-state index in [4.69, 9.17) is 4.74 Å². The maximum absolute atomic E-state index is 12.5. The second kappa shape index (κ2) is 5.95. The Morgan fingerprint density at radius 1 is 1.25 bits per heavy atom. The van der Waals surface area contributed by atoms with Crippen molar-refractivity contribution in [2.75, 3.05) is 0 Å². The Balaban J connectivity index is 1.74. The van der Waals surface area contributed by atoms with Crippen LogP contribution < -0.4 is 0 Å². The van der Waals surface area contributed by atoms with Gasteiger partial charge in [-0.05, 0) is 30.7 Å². The number of fused-ring (bicyclic) bond motifs is 1. The van der Waals surface area contributed by atoms with E-state index < -0.39 is 17.7 Å². The molecule has 0 saturated carbocycles. The largest absolute Gasteiger partial charge is 0.457 e. The standard InChI is InChI=1S/C16H12F3N3O2/c1-10-13(14-20-7-2-8-22(14)21-10)15(23)24-9-11-3-5-12(6-4-11)16(17,18)19/h2-8H,9H2,1H3. The highest BCUT2D eigenvalue weighted by Crippen LogP contribution is 2.29. The molecule has 2 heterocycles. The molecule has 3 aromatic rings. The number of esters is 1. The highest BCUT2D eigenvalue weighted by atomic mass is 19.4. The fourth-order valence-corrected chi connectivity index (χ4v) is 2.25. The van der Waals surface area contributed by atoms with Crippen molar-refractivity contribution >= 4 is 11.6 Å². The molecule has 0 amide bonds. The second-order valence-electron chi connectivity index (χ2n) is 5.12. The number of rotatable bonds is 3. The summed E-state index contributed by atoms with van der Waals surface area (Å²) in [6.07, 6.45) is -1.21. The summed E-state index contributed by atoms with van der Waals surface area (Å²) in [7, 11) is 0. The van der Waals surface area contributed by atoms with E-state index in [1.165, 1.54) is 22.8 Å². The van der Waals surface area contributed by atoms with Gasteiger partial charge in [-0.2, -0.15) is 18.3 Å². The summed E-state index contributed by atoms with van der Waals surface area (Å²) >= 11 is 0. The van der Waals surface area contributed by atoms with Crippen LogP contribution in [-0.4, -0.2) is 20.6 Å². The maximum Gasteiger partial charge on any atom is 0.416 e. The van der Waals surface area contributed by atoms with Crippen LogP contribution in [0.4, 0.5) is 13.2 Å². The van der Waals surface area contributed by atoms with Crippen molar-refractivity contribution in [2.24, 2.45) is 0 Å². The van der Waals surface area contributed by atoms with Gasteiger partial charge < -0.3 is 4.74 Å². The number of aromatic nitrogens is 3. The summed E-state index contributed by atoms with van der Waals surface area (Å²) in [5, 5.41) is 4.16. The van der Waals surface area contributed by atoms with Crippen LogP contribution in [0.25, 0.3) is 5.65 Å². The number of alkyl halides is 3. The SMILES string of the molecule is Cc1nn2cccnc2c1C(=O)OCc1ccc(C(F)(F)F)cc1. The zero-order valence-corrected chi connectivity index (χ0v) is 12.5. The lowest BCUT2D eigenvalue weighted by Crippen LogP contribution is -2.08. The first-order chi connectivity index (χ1) is 11.4. The predicted molar refractivity (Wildman–Crippen MR) is 78.3 cm³/mol. The number of carbonyl (C=O) groups excluding carboxylic acids is 1. The number of halogens is 3. The van der Waals surface area contributed by atoms with Crippen LogP contribution in [-0.2, 0) is 17.5 Å². The molecule has 0 unspecified atom stereocenters. The van der Waals surface area contributed by atoms with Crippen molar-refractivity contribution in [1.82, 2.24) is 14.6 Å². The van der Waals surface area contributed by atoms with E-state index in [0.29, 0.717) is 16.9 Å². The first kappa shape index (κ1) is 16.0. The van der Waals surface area contributed by atoms with Crippen LogP contribution in [0.3, 0.4) is 0 Å². The van der Waals surface area contributed by atoms with E-state index in [9.17, 15) is 18.0 Å². The van der Waals surface area contributed by atoms with E-state index in [0.717, 1.165) is 12.1 Å². The van der Waals surface area contributed by atoms with E-state index in [1.54, 1.807) is 19.2 Å². The molecule has 124 valence electrons. The Morgan fingerprint density at radius 2 is 1.96 bits per heavy atom. The lowest BCUT2D eigenvalue weighted by Gasteiger charge is -2.08. The summed E-state index contributed by atoms with van der Waals surface area (Å²) in [6, 6.07) is 6.13. The molecule has 8 heteroatoms. The highest BCUT2D eigenvalue weighted by Gasteiger charge is 2.30. The van der Waals surface area contributed by atoms with Gasteiger partial charge in [0.25, 0.3) is 0 Å². The fourth-order valence-electron chi connectivity index (χ4n) is 2.25. The van der Waals surface area contributed by atoms with Crippen LogP contribution in [0.5, 0.6) is 0 Å². The molecular weight excluding hydrogens is 323 g/mol. The van der Waals surface area contributed by atoms with Gasteiger partial charge in [-0.1, -0.05) is 12.1 Å². The second-order valence-corrected chi connectivity index (χ2v) is 5.12. The molecule has 0 radical (unpaired) electrons. The summed E-state index contributed by atoms with van der Waals surface area (Å²) in [6.45, 7) is 1.52. The lowest BCUT2D eigenvalue weighted by molar-refractivity contribution is -0.137. The van der Waals surface area contributed by atoms with Gasteiger partial charge in [-0.25, -0.2) is 14.3 Å². The van der Waals surface area contributed by atoms with Gasteiger partial charge in [0.05, 0.1) is 11.3 Å². The minimum absolute atomic E-state index is 0.138. The first-order valence-corrected chi connectivity index (χ1v) is 6.99. The van der Waals surface area contributed by atoms with Gasteiger partial charge in [0, 0.05) is 12.4 Å². The first-order valence-electron chi connectivity index (χ1n) is 6.99. The number of ether oxygens (including phenoxy) is 1. The smallest absolute Gasteiger partial charge is 0.416 e. The molecule has 0 aliphatic carbocycles. The van der Waals surface area contributed by atoms with Gasteiger partial charge in [-0.3, -0.25) is 0 Å². The van der Waals surface area contributed by atoms with Gasteiger partial charge >= 0.3 is 12.1 Å². The molecular formula is C16H12F3N3O2. The third-order valence-corrected chi connectivity index (χ3v) is 3.43. The molecule has 1 aromatic carbocycles. The number of nitrogens with zero attached hydrogens (tertiary/aromatic N) is 3. The Morgan fingerprint density at radius 3 is 2.62 bits per heavy atom. The zero-order valence-electron chi connectivity index (χ0n) is 12.5. The molecule has 0 atom stereocenters. The van der Waals surface area contributed by atoms with E-state index in [1.807, 2.05) is 0 Å². The predicted octanol–water partition coefficient (Wildman–Crippen LogP) is 3.41. The van der Waals surface area contributed by atoms with E-state index in [-0.39, 0.29) is 12.2 Å². The number of hydrogen-bond acceptors (Lipinski definition) is 4. The van der Waals surface area contributed by atoms with Crippen LogP contribution in [0.1, 0.15) is 27.2 Å². The van der Waals surface area contributed by atoms with Crippen LogP contribution in [0, 0.1) is 6.92 Å². The Labute approximate surface area is 134 Å². The molecule has 2 aromatic heterocycles. The third-order valence-electron chi connectivity index (χ3n) is 3.43. The normalized spacial score (nSPS) is 11.7. The third kappa shape index (κ3) is 3.08. The van der Waals surface area contributed by atoms with Gasteiger partial charge in [-0.15, -0.1) is 0 Å². The van der Waals surface area contributed by atoms with E-state index >= 15 is 0 Å². The average molecular weight is 335 g/mol. The van der Waals surface area contributed by atoms with E-state index in [2.05, 4.69) is 10.1 Å². The molecule has 0 aliphatic rings. The fraction of sp³-hybridized carbons (Fsp3) is 0.188. The molecule has 0 aliphatic heterocycles. The summed E-state index contributed by atoms with van der Waals surface area (Å²) in [5.41, 5.74) is 0.778. The van der Waals surface area contributed by atoms with Crippen molar-refractivity contribution < 1.29 is 22.7 Å². The molecule has 5 nitrogen and oxygen atoms in total. The zero-order chi connectivity index (χ0) is 17.3. The Kier molecular flexibility index (Phi) is 3.96. The van der Waals surface area contributed by atoms with Crippen molar-refractivity contribution in [3.63, 3.8) is 0 Å². The number of benzene rings is 1. The summed E-state index contributed by atoms with van der Waals surface area (Å²) in [5.74, 6) is -0.624. The van der Waals surface area contributed by atoms with Crippen molar-refractivity contribution in [1.29, 1.82) is 0 Å². The molecule has 24 heavy (non-hydrogen) atoms. The van der Waals surface area contributed by atoms with Crippen molar-refractivity contribution in [3.8, 4) is 0 Å². The minimum atomic E-state index is -4.39. The average Bonchev–Trinajstić information content (AvgIpc) is 2.88. The summed E-state index contributed by atoms with van der Waals surface area (Å²) in [4.78, 5) is 16.3. The maximum atomic E-state index is 12.5.